The summed E-state index contributed by atoms with van der Waals surface area (Å²) in [4.78, 5) is 22.2. The molecule has 0 unspecified atom stereocenters. The van der Waals surface area contributed by atoms with Crippen molar-refractivity contribution in [2.24, 2.45) is 0 Å². The number of carbonyl (C=O) groups excluding carboxylic acids is 1. The molecule has 1 aliphatic heterocycles. The summed E-state index contributed by atoms with van der Waals surface area (Å²) in [6.07, 6.45) is 0. The Morgan fingerprint density at radius 1 is 1.25 bits per heavy atom. The smallest absolute Gasteiger partial charge is 0.171 e. The lowest BCUT2D eigenvalue weighted by Gasteiger charge is -2.31. The molecule has 0 aliphatic carbocycles. The number of carbonyl (C=O) groups is 1. The van der Waals surface area contributed by atoms with Gasteiger partial charge in [-0.25, -0.2) is 4.98 Å². The maximum Gasteiger partial charge on any atom is 0.171 e. The Morgan fingerprint density at radius 2 is 1.85 bits per heavy atom. The zero-order valence-corrected chi connectivity index (χ0v) is 14.0. The minimum Gasteiger partial charge on any atom is -0.304 e. The molecule has 0 N–H and O–H groups in total. The van der Waals surface area contributed by atoms with Crippen LogP contribution in [0.2, 0.25) is 0 Å². The number of Topliss-reactive ketones (excluding diaryl/α,β-unsaturated/α-hetero) is 1. The van der Waals surface area contributed by atoms with Gasteiger partial charge in [0.05, 0.1) is 17.1 Å². The number of rotatable bonds is 3. The van der Waals surface area contributed by atoms with Crippen LogP contribution in [0.15, 0.2) is 0 Å². The first-order chi connectivity index (χ1) is 9.27. The third-order valence-electron chi connectivity index (χ3n) is 3.66. The molecular weight excluding hydrogens is 270 g/mol. The minimum atomic E-state index is -0.0716. The molecule has 1 fully saturated rings. The molecule has 0 spiro atoms. The van der Waals surface area contributed by atoms with Crippen molar-refractivity contribution in [2.75, 3.05) is 33.2 Å². The molecule has 0 atom stereocenters. The van der Waals surface area contributed by atoms with E-state index in [1.54, 1.807) is 18.3 Å². The molecule has 4 nitrogen and oxygen atoms in total. The van der Waals surface area contributed by atoms with Crippen molar-refractivity contribution in [3.05, 3.63) is 15.6 Å². The van der Waals surface area contributed by atoms with E-state index < -0.39 is 0 Å². The molecule has 0 aromatic carbocycles. The van der Waals surface area contributed by atoms with E-state index in [1.807, 2.05) is 0 Å². The number of hydrogen-bond donors (Lipinski definition) is 0. The van der Waals surface area contributed by atoms with Crippen molar-refractivity contribution in [2.45, 2.75) is 39.7 Å². The van der Waals surface area contributed by atoms with Gasteiger partial charge in [-0.2, -0.15) is 0 Å². The Bertz CT molecular complexity index is 482. The van der Waals surface area contributed by atoms with Gasteiger partial charge in [0, 0.05) is 38.5 Å². The molecule has 0 radical (unpaired) electrons. The summed E-state index contributed by atoms with van der Waals surface area (Å²) >= 11 is 1.57. The lowest BCUT2D eigenvalue weighted by atomic mass is 9.91. The van der Waals surface area contributed by atoms with Crippen LogP contribution in [0.5, 0.6) is 0 Å². The van der Waals surface area contributed by atoms with Crippen molar-refractivity contribution in [1.82, 2.24) is 14.8 Å². The number of aromatic nitrogens is 1. The molecule has 2 heterocycles. The molecule has 1 aromatic rings. The van der Waals surface area contributed by atoms with Gasteiger partial charge in [0.25, 0.3) is 0 Å². The molecule has 112 valence electrons. The Labute approximate surface area is 125 Å². The van der Waals surface area contributed by atoms with Gasteiger partial charge in [0.15, 0.2) is 5.78 Å². The summed E-state index contributed by atoms with van der Waals surface area (Å²) < 4.78 is 0. The van der Waals surface area contributed by atoms with Crippen molar-refractivity contribution < 1.29 is 4.79 Å². The molecule has 1 aromatic heterocycles. The third kappa shape index (κ3) is 3.65. The van der Waals surface area contributed by atoms with Gasteiger partial charge in [0.1, 0.15) is 5.01 Å². The largest absolute Gasteiger partial charge is 0.304 e. The SMILES string of the molecule is CC(=O)c1sc(CN2CCN(C)CC2)nc1C(C)(C)C. The predicted molar refractivity (Wildman–Crippen MR) is 83.6 cm³/mol. The van der Waals surface area contributed by atoms with E-state index in [0.29, 0.717) is 0 Å². The Hall–Kier alpha value is -0.780. The number of thiazole rings is 1. The van der Waals surface area contributed by atoms with E-state index in [4.69, 9.17) is 4.98 Å². The fourth-order valence-electron chi connectivity index (χ4n) is 2.38. The predicted octanol–water partition coefficient (Wildman–Crippen LogP) is 2.39. The molecule has 1 saturated heterocycles. The van der Waals surface area contributed by atoms with Crippen LogP contribution in [0, 0.1) is 0 Å². The van der Waals surface area contributed by atoms with Gasteiger partial charge in [-0.05, 0) is 7.05 Å². The standard InChI is InChI=1S/C15H25N3OS/c1-11(19)13-14(15(2,3)4)16-12(20-13)10-18-8-6-17(5)7-9-18/h6-10H2,1-5H3. The average Bonchev–Trinajstić information content (AvgIpc) is 2.76. The van der Waals surface area contributed by atoms with Gasteiger partial charge in [-0.15, -0.1) is 11.3 Å². The molecule has 0 saturated carbocycles. The van der Waals surface area contributed by atoms with Crippen LogP contribution >= 0.6 is 11.3 Å². The third-order valence-corrected chi connectivity index (χ3v) is 4.80. The summed E-state index contributed by atoms with van der Waals surface area (Å²) in [5.74, 6) is 0.136. The first-order valence-corrected chi connectivity index (χ1v) is 8.01. The summed E-state index contributed by atoms with van der Waals surface area (Å²) in [5, 5.41) is 1.07. The molecule has 20 heavy (non-hydrogen) atoms. The van der Waals surface area contributed by atoms with Gasteiger partial charge in [0.2, 0.25) is 0 Å². The van der Waals surface area contributed by atoms with Crippen LogP contribution in [0.3, 0.4) is 0 Å². The quantitative estimate of drug-likeness (QED) is 0.802. The number of piperazine rings is 1. The van der Waals surface area contributed by atoms with Gasteiger partial charge < -0.3 is 4.90 Å². The minimum absolute atomic E-state index is 0.0716. The Kier molecular flexibility index (Phi) is 4.62. The average molecular weight is 295 g/mol. The highest BCUT2D eigenvalue weighted by Gasteiger charge is 2.26. The van der Waals surface area contributed by atoms with Crippen molar-refractivity contribution >= 4 is 17.1 Å². The highest BCUT2D eigenvalue weighted by Crippen LogP contribution is 2.30. The maximum atomic E-state index is 11.8. The summed E-state index contributed by atoms with van der Waals surface area (Å²) in [7, 11) is 2.16. The van der Waals surface area contributed by atoms with Crippen molar-refractivity contribution in [1.29, 1.82) is 0 Å². The van der Waals surface area contributed by atoms with Gasteiger partial charge in [-0.3, -0.25) is 9.69 Å². The lowest BCUT2D eigenvalue weighted by Crippen LogP contribution is -2.43. The number of nitrogens with zero attached hydrogens (tertiary/aromatic N) is 3. The van der Waals surface area contributed by atoms with Gasteiger partial charge in [-0.1, -0.05) is 20.8 Å². The second kappa shape index (κ2) is 5.92. The first-order valence-electron chi connectivity index (χ1n) is 7.19. The summed E-state index contributed by atoms with van der Waals surface area (Å²) in [5.41, 5.74) is 0.886. The topological polar surface area (TPSA) is 36.4 Å². The van der Waals surface area contributed by atoms with E-state index in [0.717, 1.165) is 48.3 Å². The van der Waals surface area contributed by atoms with Crippen LogP contribution in [0.1, 0.15) is 48.1 Å². The molecule has 0 amide bonds. The molecule has 2 rings (SSSR count). The lowest BCUT2D eigenvalue weighted by molar-refractivity contribution is 0.101. The van der Waals surface area contributed by atoms with Crippen LogP contribution in [-0.4, -0.2) is 53.8 Å². The molecular formula is C15H25N3OS. The highest BCUT2D eigenvalue weighted by atomic mass is 32.1. The fraction of sp³-hybridized carbons (Fsp3) is 0.733. The first kappa shape index (κ1) is 15.6. The zero-order valence-electron chi connectivity index (χ0n) is 13.2. The number of hydrogen-bond acceptors (Lipinski definition) is 5. The second-order valence-corrected chi connectivity index (χ2v) is 7.75. The molecule has 5 heteroatoms. The van der Waals surface area contributed by atoms with E-state index in [1.165, 1.54) is 0 Å². The number of ketones is 1. The summed E-state index contributed by atoms with van der Waals surface area (Å²) in [6, 6.07) is 0. The van der Waals surface area contributed by atoms with Crippen LogP contribution in [-0.2, 0) is 12.0 Å². The monoisotopic (exact) mass is 295 g/mol. The van der Waals surface area contributed by atoms with E-state index in [9.17, 15) is 4.79 Å². The fourth-order valence-corrected chi connectivity index (χ4v) is 3.59. The van der Waals surface area contributed by atoms with E-state index in [-0.39, 0.29) is 11.2 Å². The maximum absolute atomic E-state index is 11.8. The van der Waals surface area contributed by atoms with E-state index in [2.05, 4.69) is 37.6 Å². The van der Waals surface area contributed by atoms with Crippen LogP contribution in [0.4, 0.5) is 0 Å². The van der Waals surface area contributed by atoms with Crippen molar-refractivity contribution in [3.63, 3.8) is 0 Å². The number of likely N-dealkylation sites (N-methyl/N-ethyl adjacent to an activating group) is 1. The second-order valence-electron chi connectivity index (χ2n) is 6.67. The van der Waals surface area contributed by atoms with Crippen LogP contribution in [0.25, 0.3) is 0 Å². The normalized spacial score (nSPS) is 18.4. The van der Waals surface area contributed by atoms with E-state index >= 15 is 0 Å². The zero-order chi connectivity index (χ0) is 14.9. The Morgan fingerprint density at radius 3 is 2.30 bits per heavy atom. The Balaban J connectivity index is 2.15. The van der Waals surface area contributed by atoms with Crippen molar-refractivity contribution in [3.8, 4) is 0 Å². The summed E-state index contributed by atoms with van der Waals surface area (Å²) in [6.45, 7) is 13.2. The van der Waals surface area contributed by atoms with Crippen LogP contribution < -0.4 is 0 Å². The molecule has 1 aliphatic rings. The molecule has 0 bridgehead atoms. The van der Waals surface area contributed by atoms with Gasteiger partial charge >= 0.3 is 0 Å². The highest BCUT2D eigenvalue weighted by molar-refractivity contribution is 7.13.